The molecule has 2 aromatic heterocycles. The van der Waals surface area contributed by atoms with Gasteiger partial charge >= 0.3 is 0 Å². The minimum atomic E-state index is -0.200. The van der Waals surface area contributed by atoms with Crippen LogP contribution >= 0.6 is 0 Å². The lowest BCUT2D eigenvalue weighted by atomic mass is 9.91. The average Bonchev–Trinajstić information content (AvgIpc) is 3.35. The van der Waals surface area contributed by atoms with E-state index in [0.29, 0.717) is 47.0 Å². The summed E-state index contributed by atoms with van der Waals surface area (Å²) in [7, 11) is 4.70. The second-order valence-electron chi connectivity index (χ2n) is 8.87. The second kappa shape index (κ2) is 12.5. The smallest absolute Gasteiger partial charge is 0.255 e. The van der Waals surface area contributed by atoms with Crippen LogP contribution in [0, 0.1) is 0 Å². The lowest BCUT2D eigenvalue weighted by Gasteiger charge is -2.29. The number of fused-ring (bicyclic) bond motifs is 1. The summed E-state index contributed by atoms with van der Waals surface area (Å²) in [5, 5.41) is 6.09. The largest absolute Gasteiger partial charge is 0.497 e. The highest BCUT2D eigenvalue weighted by atomic mass is 16.5. The van der Waals surface area contributed by atoms with Crippen molar-refractivity contribution in [1.29, 1.82) is 0 Å². The molecule has 0 saturated heterocycles. The lowest BCUT2D eigenvalue weighted by molar-refractivity contribution is -0.125. The second-order valence-corrected chi connectivity index (χ2v) is 8.87. The number of aromatic amines is 1. The molecular formula is C26H33N5O6. The minimum Gasteiger partial charge on any atom is -0.497 e. The Kier molecular flexibility index (Phi) is 8.91. The first-order chi connectivity index (χ1) is 18.0. The van der Waals surface area contributed by atoms with Crippen LogP contribution in [0.15, 0.2) is 30.7 Å². The zero-order chi connectivity index (χ0) is 26.2. The van der Waals surface area contributed by atoms with Gasteiger partial charge in [0.15, 0.2) is 0 Å². The van der Waals surface area contributed by atoms with E-state index in [1.807, 2.05) is 12.1 Å². The number of aromatic nitrogens is 3. The first-order valence-electron chi connectivity index (χ1n) is 12.3. The summed E-state index contributed by atoms with van der Waals surface area (Å²) in [6.07, 6.45) is 6.25. The topological polar surface area (TPSA) is 137 Å². The molecule has 0 spiro atoms. The summed E-state index contributed by atoms with van der Waals surface area (Å²) < 4.78 is 21.3. The van der Waals surface area contributed by atoms with Gasteiger partial charge in [-0.15, -0.1) is 0 Å². The third-order valence-electron chi connectivity index (χ3n) is 6.40. The van der Waals surface area contributed by atoms with E-state index >= 15 is 0 Å². The van der Waals surface area contributed by atoms with Crippen molar-refractivity contribution in [1.82, 2.24) is 25.6 Å². The molecule has 1 saturated carbocycles. The minimum absolute atomic E-state index is 0.0247. The van der Waals surface area contributed by atoms with E-state index in [2.05, 4.69) is 25.6 Å². The van der Waals surface area contributed by atoms with Crippen LogP contribution in [0.4, 0.5) is 0 Å². The third kappa shape index (κ3) is 6.36. The molecule has 1 aliphatic carbocycles. The molecule has 11 nitrogen and oxygen atoms in total. The van der Waals surface area contributed by atoms with Gasteiger partial charge in [-0.3, -0.25) is 9.59 Å². The Balaban J connectivity index is 1.49. The van der Waals surface area contributed by atoms with E-state index in [1.165, 1.54) is 13.4 Å². The summed E-state index contributed by atoms with van der Waals surface area (Å²) in [5.74, 6) is 0.926. The molecule has 3 N–H and O–H groups in total. The van der Waals surface area contributed by atoms with Crippen LogP contribution in [0.5, 0.6) is 11.5 Å². The average molecular weight is 512 g/mol. The molecule has 1 aromatic carbocycles. The molecule has 11 heteroatoms. The Labute approximate surface area is 215 Å². The standard InChI is InChI=1S/C26H33N5O6/c1-34-10-11-37-21-12-18(36-3)8-9-19(21)23-25-24(29-15-28-23)20(13-27-25)26(33)31-17-6-4-16(5-7-17)30-22(32)14-35-2/h8-9,12-13,15-17,27H,4-7,10-11,14H2,1-3H3,(H,30,32)(H,31,33). The number of rotatable bonds is 11. The number of hydrogen-bond acceptors (Lipinski definition) is 8. The van der Waals surface area contributed by atoms with Crippen LogP contribution in [-0.2, 0) is 14.3 Å². The number of ether oxygens (including phenoxy) is 4. The van der Waals surface area contributed by atoms with Gasteiger partial charge in [0.25, 0.3) is 5.91 Å². The number of H-pyrrole nitrogens is 1. The van der Waals surface area contributed by atoms with Crippen molar-refractivity contribution in [2.24, 2.45) is 0 Å². The number of nitrogens with zero attached hydrogens (tertiary/aromatic N) is 2. The lowest BCUT2D eigenvalue weighted by Crippen LogP contribution is -2.44. The molecule has 0 bridgehead atoms. The molecule has 1 fully saturated rings. The summed E-state index contributed by atoms with van der Waals surface area (Å²) in [5.41, 5.74) is 2.98. The quantitative estimate of drug-likeness (QED) is 0.334. The van der Waals surface area contributed by atoms with Crippen molar-refractivity contribution in [2.45, 2.75) is 37.8 Å². The van der Waals surface area contributed by atoms with Crippen LogP contribution in [0.25, 0.3) is 22.3 Å². The fraction of sp³-hybridized carbons (Fsp3) is 0.462. The van der Waals surface area contributed by atoms with Crippen molar-refractivity contribution in [3.05, 3.63) is 36.3 Å². The van der Waals surface area contributed by atoms with Crippen molar-refractivity contribution in [3.8, 4) is 22.8 Å². The van der Waals surface area contributed by atoms with Crippen molar-refractivity contribution in [2.75, 3.05) is 41.2 Å². The van der Waals surface area contributed by atoms with Crippen LogP contribution in [0.1, 0.15) is 36.0 Å². The maximum absolute atomic E-state index is 13.2. The van der Waals surface area contributed by atoms with E-state index in [0.717, 1.165) is 31.2 Å². The van der Waals surface area contributed by atoms with Gasteiger partial charge < -0.3 is 34.6 Å². The predicted octanol–water partition coefficient (Wildman–Crippen LogP) is 2.46. The molecule has 0 atom stereocenters. The van der Waals surface area contributed by atoms with Gasteiger partial charge in [-0.2, -0.15) is 0 Å². The van der Waals surface area contributed by atoms with Crippen molar-refractivity contribution >= 4 is 22.8 Å². The van der Waals surface area contributed by atoms with Crippen molar-refractivity contribution in [3.63, 3.8) is 0 Å². The number of amides is 2. The maximum Gasteiger partial charge on any atom is 0.255 e. The number of methoxy groups -OCH3 is 3. The van der Waals surface area contributed by atoms with Crippen LogP contribution < -0.4 is 20.1 Å². The predicted molar refractivity (Wildman–Crippen MR) is 137 cm³/mol. The summed E-state index contributed by atoms with van der Waals surface area (Å²) >= 11 is 0. The van der Waals surface area contributed by atoms with Crippen LogP contribution in [0.3, 0.4) is 0 Å². The molecule has 0 unspecified atom stereocenters. The summed E-state index contributed by atoms with van der Waals surface area (Å²) in [6, 6.07) is 5.62. The summed E-state index contributed by atoms with van der Waals surface area (Å²) in [4.78, 5) is 37.0. The van der Waals surface area contributed by atoms with E-state index in [1.54, 1.807) is 26.5 Å². The van der Waals surface area contributed by atoms with Gasteiger partial charge in [0.1, 0.15) is 42.3 Å². The Morgan fingerprint density at radius 2 is 1.76 bits per heavy atom. The highest BCUT2D eigenvalue weighted by Gasteiger charge is 2.25. The molecule has 1 aliphatic rings. The molecule has 0 aliphatic heterocycles. The number of carbonyl (C=O) groups is 2. The monoisotopic (exact) mass is 511 g/mol. The van der Waals surface area contributed by atoms with Crippen LogP contribution in [-0.4, -0.2) is 80.0 Å². The number of carbonyl (C=O) groups excluding carboxylic acids is 2. The number of nitrogens with one attached hydrogen (secondary N) is 3. The fourth-order valence-corrected chi connectivity index (χ4v) is 4.54. The highest BCUT2D eigenvalue weighted by Crippen LogP contribution is 2.36. The molecule has 3 aromatic rings. The van der Waals surface area contributed by atoms with E-state index in [-0.39, 0.29) is 30.5 Å². The van der Waals surface area contributed by atoms with Gasteiger partial charge in [0, 0.05) is 44.1 Å². The van der Waals surface area contributed by atoms with E-state index in [4.69, 9.17) is 18.9 Å². The van der Waals surface area contributed by atoms with E-state index < -0.39 is 0 Å². The highest BCUT2D eigenvalue weighted by molar-refractivity contribution is 6.08. The molecule has 0 radical (unpaired) electrons. The first kappa shape index (κ1) is 26.4. The van der Waals surface area contributed by atoms with Gasteiger partial charge in [0.05, 0.1) is 24.8 Å². The van der Waals surface area contributed by atoms with Gasteiger partial charge in [0.2, 0.25) is 5.91 Å². The normalized spacial score (nSPS) is 17.4. The Morgan fingerprint density at radius 3 is 2.46 bits per heavy atom. The van der Waals surface area contributed by atoms with Gasteiger partial charge in [-0.1, -0.05) is 0 Å². The van der Waals surface area contributed by atoms with Gasteiger partial charge in [-0.05, 0) is 37.8 Å². The molecular weight excluding hydrogens is 478 g/mol. The zero-order valence-electron chi connectivity index (χ0n) is 21.3. The fourth-order valence-electron chi connectivity index (χ4n) is 4.54. The number of benzene rings is 1. The maximum atomic E-state index is 13.2. The van der Waals surface area contributed by atoms with Gasteiger partial charge in [-0.25, -0.2) is 9.97 Å². The Hall–Kier alpha value is -3.70. The molecule has 37 heavy (non-hydrogen) atoms. The summed E-state index contributed by atoms with van der Waals surface area (Å²) in [6.45, 7) is 0.851. The Morgan fingerprint density at radius 1 is 1.00 bits per heavy atom. The molecule has 198 valence electrons. The first-order valence-corrected chi connectivity index (χ1v) is 12.3. The molecule has 4 rings (SSSR count). The zero-order valence-corrected chi connectivity index (χ0v) is 21.3. The number of hydrogen-bond donors (Lipinski definition) is 3. The Bertz CT molecular complexity index is 1220. The van der Waals surface area contributed by atoms with Crippen molar-refractivity contribution < 1.29 is 28.5 Å². The third-order valence-corrected chi connectivity index (χ3v) is 6.40. The molecule has 2 heterocycles. The van der Waals surface area contributed by atoms with Crippen LogP contribution in [0.2, 0.25) is 0 Å². The molecule has 2 amide bonds. The van der Waals surface area contributed by atoms with E-state index in [9.17, 15) is 9.59 Å². The SMILES string of the molecule is COCCOc1cc(OC)ccc1-c1ncnc2c(C(=O)NC3CCC(NC(=O)COC)CC3)c[nH]c12.